The van der Waals surface area contributed by atoms with Crippen molar-refractivity contribution in [3.05, 3.63) is 93.1 Å². The zero-order valence-corrected chi connectivity index (χ0v) is 16.8. The number of carbonyl (C=O) groups is 1. The summed E-state index contributed by atoms with van der Waals surface area (Å²) in [5.41, 5.74) is 8.66. The van der Waals surface area contributed by atoms with Crippen LogP contribution in [0.4, 0.5) is 15.8 Å². The fourth-order valence-corrected chi connectivity index (χ4v) is 3.59. The van der Waals surface area contributed by atoms with E-state index in [1.54, 1.807) is 28.3 Å². The number of hydrogen-bond acceptors (Lipinski definition) is 3. The molecule has 1 amide bonds. The molecule has 0 aliphatic carbocycles. The molecule has 152 valence electrons. The molecule has 0 saturated heterocycles. The number of aromatic nitrogens is 2. The number of halogens is 2. The Morgan fingerprint density at radius 1 is 1.10 bits per heavy atom. The number of nitrogen functional groups attached to an aromatic ring is 1. The van der Waals surface area contributed by atoms with Gasteiger partial charge < -0.3 is 11.1 Å². The molecule has 0 atom stereocenters. The Hall–Kier alpha value is -3.58. The monoisotopic (exact) mass is 424 g/mol. The summed E-state index contributed by atoms with van der Waals surface area (Å²) < 4.78 is 16.4. The number of carbonyl (C=O) groups excluding carboxylic acids is 1. The molecule has 0 radical (unpaired) electrons. The molecule has 0 fully saturated rings. The summed E-state index contributed by atoms with van der Waals surface area (Å²) in [5.74, 6) is -0.911. The molecule has 0 unspecified atom stereocenters. The van der Waals surface area contributed by atoms with Crippen molar-refractivity contribution in [1.82, 2.24) is 9.13 Å². The Labute approximate surface area is 176 Å². The lowest BCUT2D eigenvalue weighted by molar-refractivity contribution is 0.102. The van der Waals surface area contributed by atoms with Gasteiger partial charge in [0.15, 0.2) is 0 Å². The van der Waals surface area contributed by atoms with Crippen molar-refractivity contribution < 1.29 is 9.18 Å². The number of imidazole rings is 1. The summed E-state index contributed by atoms with van der Waals surface area (Å²) in [6, 6.07) is 16.1. The maximum Gasteiger partial charge on any atom is 0.329 e. The van der Waals surface area contributed by atoms with Crippen molar-refractivity contribution in [1.29, 1.82) is 0 Å². The number of hydrogen-bond donors (Lipinski definition) is 2. The molecular formula is C22H18ClFN4O2. The average molecular weight is 425 g/mol. The summed E-state index contributed by atoms with van der Waals surface area (Å²) in [7, 11) is 1.72. The van der Waals surface area contributed by atoms with Gasteiger partial charge in [0.2, 0.25) is 0 Å². The lowest BCUT2D eigenvalue weighted by Gasteiger charge is -2.10. The highest BCUT2D eigenvalue weighted by Gasteiger charge is 2.14. The van der Waals surface area contributed by atoms with E-state index in [9.17, 15) is 14.0 Å². The summed E-state index contributed by atoms with van der Waals surface area (Å²) in [5, 5.41) is 3.00. The average Bonchev–Trinajstić information content (AvgIpc) is 2.96. The molecule has 3 N–H and O–H groups in total. The first-order chi connectivity index (χ1) is 14.3. The Morgan fingerprint density at radius 3 is 2.53 bits per heavy atom. The highest BCUT2D eigenvalue weighted by molar-refractivity contribution is 6.31. The number of rotatable bonds is 4. The minimum atomic E-state index is -0.485. The summed E-state index contributed by atoms with van der Waals surface area (Å²) in [6.45, 7) is 0.270. The van der Waals surface area contributed by atoms with Crippen molar-refractivity contribution in [2.24, 2.45) is 7.05 Å². The fourth-order valence-electron chi connectivity index (χ4n) is 3.35. The zero-order valence-electron chi connectivity index (χ0n) is 16.0. The number of nitrogens with two attached hydrogens (primary N) is 1. The SMILES string of the molecule is Cn1c(=O)n(Cc2ccc(C(=O)Nc3ccc(F)cc3N)cc2Cl)c2ccccc21. The van der Waals surface area contributed by atoms with E-state index in [0.717, 1.165) is 17.1 Å². The molecule has 0 saturated carbocycles. The largest absolute Gasteiger partial charge is 0.397 e. The van der Waals surface area contributed by atoms with E-state index in [4.69, 9.17) is 17.3 Å². The first kappa shape index (κ1) is 19.7. The molecule has 4 rings (SSSR count). The topological polar surface area (TPSA) is 82.0 Å². The summed E-state index contributed by atoms with van der Waals surface area (Å²) >= 11 is 6.41. The Balaban J connectivity index is 1.60. The van der Waals surface area contributed by atoms with Crippen LogP contribution in [0, 0.1) is 5.82 Å². The van der Waals surface area contributed by atoms with Crippen molar-refractivity contribution in [3.8, 4) is 0 Å². The summed E-state index contributed by atoms with van der Waals surface area (Å²) in [6.07, 6.45) is 0. The molecule has 4 aromatic rings. The summed E-state index contributed by atoms with van der Waals surface area (Å²) in [4.78, 5) is 25.1. The smallest absolute Gasteiger partial charge is 0.329 e. The third-order valence-corrected chi connectivity index (χ3v) is 5.31. The Morgan fingerprint density at radius 2 is 1.83 bits per heavy atom. The van der Waals surface area contributed by atoms with Gasteiger partial charge >= 0.3 is 5.69 Å². The third kappa shape index (κ3) is 3.55. The van der Waals surface area contributed by atoms with Crippen molar-refractivity contribution >= 4 is 39.9 Å². The second kappa shape index (κ2) is 7.68. The van der Waals surface area contributed by atoms with Gasteiger partial charge in [-0.15, -0.1) is 0 Å². The minimum absolute atomic E-state index is 0.126. The minimum Gasteiger partial charge on any atom is -0.397 e. The number of nitrogens with one attached hydrogen (secondary N) is 1. The van der Waals surface area contributed by atoms with Gasteiger partial charge in [-0.1, -0.05) is 29.8 Å². The predicted molar refractivity (Wildman–Crippen MR) is 116 cm³/mol. The predicted octanol–water partition coefficient (Wildman–Crippen LogP) is 4.02. The van der Waals surface area contributed by atoms with Crippen molar-refractivity contribution in [2.75, 3.05) is 11.1 Å². The van der Waals surface area contributed by atoms with Crippen LogP contribution < -0.4 is 16.7 Å². The van der Waals surface area contributed by atoms with Gasteiger partial charge in [-0.3, -0.25) is 13.9 Å². The lowest BCUT2D eigenvalue weighted by Crippen LogP contribution is -2.23. The van der Waals surface area contributed by atoms with Crippen LogP contribution in [-0.4, -0.2) is 15.0 Å². The maximum absolute atomic E-state index is 13.2. The molecule has 0 bridgehead atoms. The van der Waals surface area contributed by atoms with Gasteiger partial charge in [0, 0.05) is 17.6 Å². The number of amides is 1. The van der Waals surface area contributed by atoms with Crippen LogP contribution in [0.5, 0.6) is 0 Å². The number of nitrogens with zero attached hydrogens (tertiary/aromatic N) is 2. The molecule has 0 spiro atoms. The maximum atomic E-state index is 13.2. The van der Waals surface area contributed by atoms with Gasteiger partial charge in [0.1, 0.15) is 5.82 Å². The second-order valence-corrected chi connectivity index (χ2v) is 7.32. The van der Waals surface area contributed by atoms with Gasteiger partial charge in [-0.25, -0.2) is 9.18 Å². The van der Waals surface area contributed by atoms with E-state index in [1.807, 2.05) is 24.3 Å². The van der Waals surface area contributed by atoms with Crippen molar-refractivity contribution in [2.45, 2.75) is 6.54 Å². The number of benzene rings is 3. The lowest BCUT2D eigenvalue weighted by atomic mass is 10.1. The first-order valence-corrected chi connectivity index (χ1v) is 9.52. The van der Waals surface area contributed by atoms with E-state index < -0.39 is 11.7 Å². The molecule has 8 heteroatoms. The Bertz CT molecular complexity index is 1340. The zero-order chi connectivity index (χ0) is 21.4. The van der Waals surface area contributed by atoms with E-state index >= 15 is 0 Å². The number of para-hydroxylation sites is 2. The van der Waals surface area contributed by atoms with Gasteiger partial charge in [-0.2, -0.15) is 0 Å². The van der Waals surface area contributed by atoms with Crippen LogP contribution in [0.2, 0.25) is 5.02 Å². The van der Waals surface area contributed by atoms with Gasteiger partial charge in [-0.05, 0) is 48.0 Å². The quantitative estimate of drug-likeness (QED) is 0.485. The van der Waals surface area contributed by atoms with Gasteiger partial charge in [0.25, 0.3) is 5.91 Å². The normalized spacial score (nSPS) is 11.0. The molecule has 6 nitrogen and oxygen atoms in total. The molecule has 0 aliphatic heterocycles. The third-order valence-electron chi connectivity index (χ3n) is 4.96. The van der Waals surface area contributed by atoms with Crippen LogP contribution >= 0.6 is 11.6 Å². The van der Waals surface area contributed by atoms with E-state index in [0.29, 0.717) is 21.8 Å². The first-order valence-electron chi connectivity index (χ1n) is 9.14. The molecule has 1 heterocycles. The van der Waals surface area contributed by atoms with Crippen LogP contribution in [-0.2, 0) is 13.6 Å². The molecule has 0 aliphatic rings. The highest BCUT2D eigenvalue weighted by atomic mass is 35.5. The standard InChI is InChI=1S/C22H18ClFN4O2/c1-27-19-4-2-3-5-20(19)28(22(27)30)12-14-7-6-13(10-16(14)23)21(29)26-18-9-8-15(24)11-17(18)25/h2-11H,12,25H2,1H3,(H,26,29). The van der Waals surface area contributed by atoms with E-state index in [1.165, 1.54) is 18.2 Å². The number of fused-ring (bicyclic) bond motifs is 1. The number of aryl methyl sites for hydroxylation is 1. The van der Waals surface area contributed by atoms with Gasteiger partial charge in [0.05, 0.1) is 29.0 Å². The fraction of sp³-hybridized carbons (Fsp3) is 0.0909. The Kier molecular flexibility index (Phi) is 5.05. The van der Waals surface area contributed by atoms with Crippen LogP contribution in [0.25, 0.3) is 11.0 Å². The molecular weight excluding hydrogens is 407 g/mol. The molecule has 30 heavy (non-hydrogen) atoms. The highest BCUT2D eigenvalue weighted by Crippen LogP contribution is 2.23. The van der Waals surface area contributed by atoms with E-state index in [-0.39, 0.29) is 17.9 Å². The van der Waals surface area contributed by atoms with E-state index in [2.05, 4.69) is 5.32 Å². The molecule has 3 aromatic carbocycles. The second-order valence-electron chi connectivity index (χ2n) is 6.91. The van der Waals surface area contributed by atoms with Crippen LogP contribution in [0.15, 0.2) is 65.5 Å². The molecule has 1 aromatic heterocycles. The van der Waals surface area contributed by atoms with Crippen LogP contribution in [0.3, 0.4) is 0 Å². The van der Waals surface area contributed by atoms with Crippen molar-refractivity contribution in [3.63, 3.8) is 0 Å². The van der Waals surface area contributed by atoms with Crippen LogP contribution in [0.1, 0.15) is 15.9 Å². The number of anilines is 2.